The number of carbonyl (C=O) groups is 3. The van der Waals surface area contributed by atoms with Gasteiger partial charge in [0.05, 0.1) is 17.3 Å². The van der Waals surface area contributed by atoms with Crippen molar-refractivity contribution in [3.8, 4) is 17.2 Å². The molecule has 0 saturated carbocycles. The molecule has 0 aliphatic carbocycles. The molecule has 1 heterocycles. The van der Waals surface area contributed by atoms with Crippen LogP contribution in [-0.4, -0.2) is 24.5 Å². The van der Waals surface area contributed by atoms with Gasteiger partial charge in [0.2, 0.25) is 0 Å². The highest BCUT2D eigenvalue weighted by Gasteiger charge is 2.37. The van der Waals surface area contributed by atoms with E-state index >= 15 is 0 Å². The second kappa shape index (κ2) is 13.3. The molecule has 1 saturated heterocycles. The first-order chi connectivity index (χ1) is 20.8. The molecular weight excluding hydrogens is 568 g/mol. The van der Waals surface area contributed by atoms with Crippen molar-refractivity contribution in [2.75, 3.05) is 11.5 Å². The van der Waals surface area contributed by atoms with Crippen LogP contribution in [0.4, 0.5) is 10.5 Å². The average molecular weight is 597 g/mol. The van der Waals surface area contributed by atoms with Crippen LogP contribution in [-0.2, 0) is 22.8 Å². The molecule has 1 aliphatic rings. The van der Waals surface area contributed by atoms with Crippen molar-refractivity contribution < 1.29 is 28.6 Å². The van der Waals surface area contributed by atoms with Crippen molar-refractivity contribution in [1.29, 1.82) is 0 Å². The van der Waals surface area contributed by atoms with Gasteiger partial charge in [0.1, 0.15) is 24.5 Å². The van der Waals surface area contributed by atoms with E-state index in [9.17, 15) is 14.4 Å². The number of nitrogens with one attached hydrogen (secondary N) is 1. The average Bonchev–Trinajstić information content (AvgIpc) is 2.99. The second-order valence-electron chi connectivity index (χ2n) is 9.77. The van der Waals surface area contributed by atoms with Crippen LogP contribution >= 0.6 is 11.6 Å². The summed E-state index contributed by atoms with van der Waals surface area (Å²) >= 11 is 6.59. The summed E-state index contributed by atoms with van der Waals surface area (Å²) in [6, 6.07) is 26.4. The van der Waals surface area contributed by atoms with Gasteiger partial charge in [0.15, 0.2) is 11.5 Å². The molecule has 43 heavy (non-hydrogen) atoms. The van der Waals surface area contributed by atoms with Crippen LogP contribution in [0.15, 0.2) is 96.6 Å². The Labute approximate surface area is 254 Å². The van der Waals surface area contributed by atoms with Gasteiger partial charge < -0.3 is 14.2 Å². The lowest BCUT2D eigenvalue weighted by Gasteiger charge is -2.26. The number of imide groups is 2. The van der Waals surface area contributed by atoms with E-state index in [2.05, 4.69) is 5.32 Å². The highest BCUT2D eigenvalue weighted by atomic mass is 35.5. The molecule has 0 spiro atoms. The van der Waals surface area contributed by atoms with E-state index in [1.807, 2.05) is 68.4 Å². The number of urea groups is 1. The van der Waals surface area contributed by atoms with Crippen molar-refractivity contribution in [3.63, 3.8) is 0 Å². The smallest absolute Gasteiger partial charge is 0.335 e. The third-order valence-corrected chi connectivity index (χ3v) is 6.83. The highest BCUT2D eigenvalue weighted by molar-refractivity contribution is 6.39. The number of carbonyl (C=O) groups excluding carboxylic acids is 3. The molecule has 218 valence electrons. The Hall–Kier alpha value is -5.08. The van der Waals surface area contributed by atoms with Gasteiger partial charge in [-0.1, -0.05) is 71.8 Å². The number of amides is 4. The van der Waals surface area contributed by atoms with E-state index in [1.165, 1.54) is 6.08 Å². The van der Waals surface area contributed by atoms with Crippen LogP contribution in [0.25, 0.3) is 6.08 Å². The fourth-order valence-corrected chi connectivity index (χ4v) is 4.80. The minimum atomic E-state index is -0.849. The number of barbiturate groups is 1. The summed E-state index contributed by atoms with van der Waals surface area (Å²) in [7, 11) is 0. The van der Waals surface area contributed by atoms with E-state index in [0.717, 1.165) is 21.6 Å². The number of halogens is 1. The second-order valence-corrected chi connectivity index (χ2v) is 10.2. The zero-order valence-electron chi connectivity index (χ0n) is 23.6. The van der Waals surface area contributed by atoms with Gasteiger partial charge in [-0.3, -0.25) is 14.9 Å². The number of benzene rings is 4. The monoisotopic (exact) mass is 596 g/mol. The number of rotatable bonds is 10. The van der Waals surface area contributed by atoms with E-state index < -0.39 is 17.8 Å². The summed E-state index contributed by atoms with van der Waals surface area (Å²) in [5.41, 5.74) is 3.54. The molecule has 4 aromatic carbocycles. The Morgan fingerprint density at radius 1 is 0.814 bits per heavy atom. The molecule has 1 fully saturated rings. The predicted octanol–water partition coefficient (Wildman–Crippen LogP) is 6.87. The summed E-state index contributed by atoms with van der Waals surface area (Å²) < 4.78 is 17.6. The summed E-state index contributed by atoms with van der Waals surface area (Å²) in [4.78, 5) is 39.8. The largest absolute Gasteiger partial charge is 0.490 e. The van der Waals surface area contributed by atoms with Crippen LogP contribution in [0.5, 0.6) is 17.2 Å². The standard InChI is InChI=1S/C34H29ClN2O6/c1-3-41-30-19-25(18-29(35)31(30)43-21-24-11-7-8-22(2)16-24)17-28-32(38)36-34(40)37(33(28)39)26-12-14-27(15-13-26)42-20-23-9-5-4-6-10-23/h4-19H,3,20-21H2,1-2H3,(H,36,38,40)/b28-17+. The van der Waals surface area contributed by atoms with E-state index in [0.29, 0.717) is 36.0 Å². The topological polar surface area (TPSA) is 94.2 Å². The first-order valence-corrected chi connectivity index (χ1v) is 14.0. The fraction of sp³-hybridized carbons (Fsp3) is 0.147. The Balaban J connectivity index is 1.36. The van der Waals surface area contributed by atoms with E-state index in [-0.39, 0.29) is 22.9 Å². The third-order valence-electron chi connectivity index (χ3n) is 6.55. The van der Waals surface area contributed by atoms with E-state index in [1.54, 1.807) is 36.4 Å². The molecule has 0 radical (unpaired) electrons. The maximum absolute atomic E-state index is 13.5. The minimum Gasteiger partial charge on any atom is -0.490 e. The van der Waals surface area contributed by atoms with Crippen LogP contribution in [0, 0.1) is 6.92 Å². The van der Waals surface area contributed by atoms with Crippen molar-refractivity contribution in [3.05, 3.63) is 124 Å². The Kier molecular flexibility index (Phi) is 9.08. The van der Waals surface area contributed by atoms with Crippen LogP contribution in [0.1, 0.15) is 29.2 Å². The molecule has 1 aliphatic heterocycles. The fourth-order valence-electron chi connectivity index (χ4n) is 4.52. The number of nitrogens with zero attached hydrogens (tertiary/aromatic N) is 1. The van der Waals surface area contributed by atoms with Crippen molar-refractivity contribution in [1.82, 2.24) is 5.32 Å². The maximum Gasteiger partial charge on any atom is 0.335 e. The summed E-state index contributed by atoms with van der Waals surface area (Å²) in [6.07, 6.45) is 1.37. The maximum atomic E-state index is 13.5. The van der Waals surface area contributed by atoms with Crippen molar-refractivity contribution >= 4 is 41.2 Å². The van der Waals surface area contributed by atoms with Crippen LogP contribution in [0.3, 0.4) is 0 Å². The third kappa shape index (κ3) is 7.05. The number of hydrogen-bond acceptors (Lipinski definition) is 6. The van der Waals surface area contributed by atoms with Gasteiger partial charge in [0.25, 0.3) is 11.8 Å². The summed E-state index contributed by atoms with van der Waals surface area (Å²) in [5, 5.41) is 2.48. The lowest BCUT2D eigenvalue weighted by Crippen LogP contribution is -2.54. The zero-order valence-corrected chi connectivity index (χ0v) is 24.4. The zero-order chi connectivity index (χ0) is 30.3. The first-order valence-electron chi connectivity index (χ1n) is 13.7. The van der Waals surface area contributed by atoms with Crippen LogP contribution < -0.4 is 24.4 Å². The van der Waals surface area contributed by atoms with Gasteiger partial charge in [-0.05, 0) is 73.0 Å². The summed E-state index contributed by atoms with van der Waals surface area (Å²) in [5.74, 6) is -0.328. The van der Waals surface area contributed by atoms with E-state index in [4.69, 9.17) is 25.8 Å². The molecule has 4 amide bonds. The molecule has 8 nitrogen and oxygen atoms in total. The molecule has 4 aromatic rings. The molecule has 1 N–H and O–H groups in total. The van der Waals surface area contributed by atoms with Gasteiger partial charge in [-0.2, -0.15) is 0 Å². The Morgan fingerprint density at radius 3 is 2.26 bits per heavy atom. The number of anilines is 1. The molecule has 0 unspecified atom stereocenters. The van der Waals surface area contributed by atoms with Gasteiger partial charge in [-0.25, -0.2) is 9.69 Å². The molecule has 5 rings (SSSR count). The molecule has 0 atom stereocenters. The van der Waals surface area contributed by atoms with Crippen LogP contribution in [0.2, 0.25) is 5.02 Å². The minimum absolute atomic E-state index is 0.240. The predicted molar refractivity (Wildman–Crippen MR) is 164 cm³/mol. The Bertz CT molecular complexity index is 1690. The van der Waals surface area contributed by atoms with Gasteiger partial charge in [-0.15, -0.1) is 0 Å². The lowest BCUT2D eigenvalue weighted by molar-refractivity contribution is -0.122. The van der Waals surface area contributed by atoms with Gasteiger partial charge in [0, 0.05) is 0 Å². The Morgan fingerprint density at radius 2 is 1.53 bits per heavy atom. The highest BCUT2D eigenvalue weighted by Crippen LogP contribution is 2.38. The normalized spacial score (nSPS) is 14.1. The summed E-state index contributed by atoms with van der Waals surface area (Å²) in [6.45, 7) is 4.80. The molecule has 0 bridgehead atoms. The molecule has 0 aromatic heterocycles. The molecule has 9 heteroatoms. The lowest BCUT2D eigenvalue weighted by atomic mass is 10.1. The number of ether oxygens (including phenoxy) is 3. The quantitative estimate of drug-likeness (QED) is 0.159. The first kappa shape index (κ1) is 29.4. The SMILES string of the molecule is CCOc1cc(/C=C2\C(=O)NC(=O)N(c3ccc(OCc4ccccc4)cc3)C2=O)cc(Cl)c1OCc1cccc(C)c1. The van der Waals surface area contributed by atoms with Crippen molar-refractivity contribution in [2.24, 2.45) is 0 Å². The molecular formula is C34H29ClN2O6. The number of hydrogen-bond donors (Lipinski definition) is 1. The van der Waals surface area contributed by atoms with Crippen molar-refractivity contribution in [2.45, 2.75) is 27.1 Å². The number of aryl methyl sites for hydroxylation is 1. The van der Waals surface area contributed by atoms with Gasteiger partial charge >= 0.3 is 6.03 Å².